The van der Waals surface area contributed by atoms with Crippen molar-refractivity contribution in [2.45, 2.75) is 4.90 Å². The molecule has 12 heteroatoms. The SMILES string of the molecule is COc1ccc([N+](=O)[O-])cc1NS(=O)(=O)c1ccc(Cl)c(C(=O)[O-])c1.[K+]. The minimum Gasteiger partial charge on any atom is -0.545 e. The number of rotatable bonds is 6. The number of methoxy groups -OCH3 is 1. The van der Waals surface area contributed by atoms with Crippen LogP contribution in [0.5, 0.6) is 5.75 Å². The normalized spacial score (nSPS) is 10.5. The molecule has 0 saturated carbocycles. The van der Waals surface area contributed by atoms with Crippen LogP contribution in [0.2, 0.25) is 5.02 Å². The summed E-state index contributed by atoms with van der Waals surface area (Å²) in [6.07, 6.45) is 0. The summed E-state index contributed by atoms with van der Waals surface area (Å²) in [6, 6.07) is 6.35. The van der Waals surface area contributed by atoms with Gasteiger partial charge in [-0.05, 0) is 24.3 Å². The Bertz CT molecular complexity index is 966. The first-order chi connectivity index (χ1) is 11.7. The average Bonchev–Trinajstić information content (AvgIpc) is 2.54. The molecule has 0 unspecified atom stereocenters. The Morgan fingerprint density at radius 3 is 2.42 bits per heavy atom. The first-order valence-electron chi connectivity index (χ1n) is 6.52. The molecule has 0 aromatic heterocycles. The molecule has 2 rings (SSSR count). The monoisotopic (exact) mass is 424 g/mol. The number of carbonyl (C=O) groups is 1. The van der Waals surface area contributed by atoms with Gasteiger partial charge >= 0.3 is 51.4 Å². The van der Waals surface area contributed by atoms with Crippen LogP contribution in [0, 0.1) is 10.1 Å². The maximum Gasteiger partial charge on any atom is 1.00 e. The summed E-state index contributed by atoms with van der Waals surface area (Å²) >= 11 is 5.67. The number of carboxylic acids is 1. The van der Waals surface area contributed by atoms with Crippen LogP contribution in [0.25, 0.3) is 0 Å². The minimum absolute atomic E-state index is 0. The number of hydrogen-bond donors (Lipinski definition) is 1. The van der Waals surface area contributed by atoms with Crippen molar-refractivity contribution >= 4 is 39.0 Å². The van der Waals surface area contributed by atoms with E-state index in [-0.39, 0.29) is 73.5 Å². The summed E-state index contributed by atoms with van der Waals surface area (Å²) in [5.41, 5.74) is -1.04. The van der Waals surface area contributed by atoms with Gasteiger partial charge in [0.05, 0.1) is 28.6 Å². The Kier molecular flexibility index (Phi) is 8.01. The third-order valence-corrected chi connectivity index (χ3v) is 4.80. The number of halogens is 1. The third-order valence-electron chi connectivity index (χ3n) is 3.11. The maximum absolute atomic E-state index is 12.4. The van der Waals surface area contributed by atoms with E-state index < -0.39 is 31.4 Å². The van der Waals surface area contributed by atoms with Gasteiger partial charge in [-0.3, -0.25) is 14.8 Å². The molecular formula is C14H10ClKN2O7S. The zero-order valence-electron chi connectivity index (χ0n) is 13.6. The number of nitro benzene ring substituents is 1. The number of hydrogen-bond acceptors (Lipinski definition) is 7. The van der Waals surface area contributed by atoms with Gasteiger partial charge < -0.3 is 14.6 Å². The average molecular weight is 425 g/mol. The van der Waals surface area contributed by atoms with Crippen LogP contribution in [-0.4, -0.2) is 26.4 Å². The van der Waals surface area contributed by atoms with Crippen LogP contribution in [0.4, 0.5) is 11.4 Å². The number of benzene rings is 2. The summed E-state index contributed by atoms with van der Waals surface area (Å²) in [6.45, 7) is 0. The molecule has 0 spiro atoms. The number of aromatic carboxylic acids is 1. The Hall–Kier alpha value is -1.21. The van der Waals surface area contributed by atoms with Crippen molar-refractivity contribution in [2.75, 3.05) is 11.8 Å². The van der Waals surface area contributed by atoms with Crippen molar-refractivity contribution in [2.24, 2.45) is 0 Å². The smallest absolute Gasteiger partial charge is 0.545 e. The molecule has 26 heavy (non-hydrogen) atoms. The molecule has 0 saturated heterocycles. The molecular weight excluding hydrogens is 415 g/mol. The summed E-state index contributed by atoms with van der Waals surface area (Å²) in [5, 5.41) is 21.6. The van der Waals surface area contributed by atoms with Crippen LogP contribution >= 0.6 is 11.6 Å². The van der Waals surface area contributed by atoms with Crippen molar-refractivity contribution in [3.63, 3.8) is 0 Å². The topological polar surface area (TPSA) is 139 Å². The number of non-ortho nitro benzene ring substituents is 1. The van der Waals surface area contributed by atoms with Gasteiger partial charge in [0.25, 0.3) is 15.7 Å². The van der Waals surface area contributed by atoms with E-state index in [1.54, 1.807) is 0 Å². The molecule has 9 nitrogen and oxygen atoms in total. The quantitative estimate of drug-likeness (QED) is 0.335. The minimum atomic E-state index is -4.26. The number of ether oxygens (including phenoxy) is 1. The molecule has 0 amide bonds. The zero-order chi connectivity index (χ0) is 18.8. The first kappa shape index (κ1) is 22.8. The largest absolute Gasteiger partial charge is 1.00 e. The van der Waals surface area contributed by atoms with Crippen LogP contribution < -0.4 is 66.0 Å². The van der Waals surface area contributed by atoms with Crippen LogP contribution in [-0.2, 0) is 10.0 Å². The van der Waals surface area contributed by atoms with Crippen LogP contribution in [0.3, 0.4) is 0 Å². The first-order valence-corrected chi connectivity index (χ1v) is 8.38. The van der Waals surface area contributed by atoms with Gasteiger partial charge in [0.15, 0.2) is 0 Å². The molecule has 0 aliphatic heterocycles. The second-order valence-electron chi connectivity index (χ2n) is 4.68. The van der Waals surface area contributed by atoms with Gasteiger partial charge in [-0.15, -0.1) is 0 Å². The fraction of sp³-hybridized carbons (Fsp3) is 0.0714. The molecule has 0 heterocycles. The van der Waals surface area contributed by atoms with Crippen molar-refractivity contribution in [1.29, 1.82) is 0 Å². The van der Waals surface area contributed by atoms with Crippen LogP contribution in [0.1, 0.15) is 10.4 Å². The van der Waals surface area contributed by atoms with E-state index in [9.17, 15) is 28.4 Å². The number of carboxylic acid groups (broad SMARTS) is 1. The van der Waals surface area contributed by atoms with E-state index >= 15 is 0 Å². The summed E-state index contributed by atoms with van der Waals surface area (Å²) in [7, 11) is -3.00. The number of carbonyl (C=O) groups excluding carboxylic acids is 1. The van der Waals surface area contributed by atoms with Crippen molar-refractivity contribution in [3.05, 3.63) is 57.1 Å². The summed E-state index contributed by atoms with van der Waals surface area (Å²) in [4.78, 5) is 20.7. The van der Waals surface area contributed by atoms with E-state index in [2.05, 4.69) is 4.72 Å². The number of anilines is 1. The molecule has 1 N–H and O–H groups in total. The third kappa shape index (κ3) is 5.16. The molecule has 132 valence electrons. The van der Waals surface area contributed by atoms with E-state index in [0.717, 1.165) is 30.3 Å². The number of nitrogens with one attached hydrogen (secondary N) is 1. The predicted octanol–water partition coefficient (Wildman–Crippen LogP) is -1.57. The van der Waals surface area contributed by atoms with Gasteiger partial charge in [0.1, 0.15) is 5.75 Å². The van der Waals surface area contributed by atoms with Crippen molar-refractivity contribution < 1.29 is 79.4 Å². The zero-order valence-corrected chi connectivity index (χ0v) is 18.3. The Morgan fingerprint density at radius 2 is 1.88 bits per heavy atom. The Morgan fingerprint density at radius 1 is 1.23 bits per heavy atom. The standard InChI is InChI=1S/C14H11ClN2O7S.K/c1-24-13-5-2-8(17(20)21)6-12(13)16-25(22,23)9-3-4-11(15)10(7-9)14(18)19;/h2-7,16H,1H3,(H,18,19);/q;+1/p-1. The predicted molar refractivity (Wildman–Crippen MR) is 86.2 cm³/mol. The summed E-state index contributed by atoms with van der Waals surface area (Å²) in [5.74, 6) is -1.60. The molecule has 0 aliphatic carbocycles. The number of sulfonamides is 1. The molecule has 0 bridgehead atoms. The Labute approximate surface area is 195 Å². The molecule has 0 aliphatic rings. The van der Waals surface area contributed by atoms with E-state index in [1.807, 2.05) is 0 Å². The van der Waals surface area contributed by atoms with Gasteiger partial charge in [0, 0.05) is 22.7 Å². The second kappa shape index (κ2) is 9.13. The fourth-order valence-corrected chi connectivity index (χ4v) is 3.20. The van der Waals surface area contributed by atoms with E-state index in [1.165, 1.54) is 13.2 Å². The van der Waals surface area contributed by atoms with Gasteiger partial charge in [0.2, 0.25) is 0 Å². The molecule has 0 atom stereocenters. The second-order valence-corrected chi connectivity index (χ2v) is 6.77. The van der Waals surface area contributed by atoms with E-state index in [4.69, 9.17) is 16.3 Å². The van der Waals surface area contributed by atoms with Crippen LogP contribution in [0.15, 0.2) is 41.3 Å². The van der Waals surface area contributed by atoms with E-state index in [0.29, 0.717) is 0 Å². The van der Waals surface area contributed by atoms with Gasteiger partial charge in [-0.1, -0.05) is 11.6 Å². The fourth-order valence-electron chi connectivity index (χ4n) is 1.92. The Balaban J connectivity index is 0.00000338. The van der Waals surface area contributed by atoms with Gasteiger partial charge in [-0.25, -0.2) is 8.42 Å². The molecule has 0 radical (unpaired) electrons. The summed E-state index contributed by atoms with van der Waals surface area (Å²) < 4.78 is 32.0. The van der Waals surface area contributed by atoms with Gasteiger partial charge in [-0.2, -0.15) is 0 Å². The molecule has 2 aromatic carbocycles. The molecule has 0 fully saturated rings. The number of nitro groups is 1. The van der Waals surface area contributed by atoms with Crippen molar-refractivity contribution in [1.82, 2.24) is 0 Å². The maximum atomic E-state index is 12.4. The number of nitrogens with zero attached hydrogens (tertiary/aromatic N) is 1. The molecule has 2 aromatic rings. The van der Waals surface area contributed by atoms with Crippen molar-refractivity contribution in [3.8, 4) is 5.75 Å².